The minimum absolute atomic E-state index is 0.285. The number of furan rings is 1. The number of carbonyl (C=O) groups is 2. The molecule has 8 nitrogen and oxygen atoms in total. The van der Waals surface area contributed by atoms with E-state index in [-0.39, 0.29) is 12.0 Å². The molecule has 2 amide bonds. The molecule has 3 aromatic rings. The van der Waals surface area contributed by atoms with E-state index >= 15 is 0 Å². The van der Waals surface area contributed by atoms with Gasteiger partial charge in [-0.15, -0.1) is 22.7 Å². The number of alkyl carbamates (subject to hydrolysis) is 1. The fraction of sp³-hybridized carbons (Fsp3) is 0.273. The van der Waals surface area contributed by atoms with Gasteiger partial charge in [-0.3, -0.25) is 4.79 Å². The summed E-state index contributed by atoms with van der Waals surface area (Å²) >= 11 is 2.88. The van der Waals surface area contributed by atoms with Gasteiger partial charge in [0, 0.05) is 22.8 Å². The second kappa shape index (κ2) is 9.80. The first-order valence-electron chi connectivity index (χ1n) is 9.94. The van der Waals surface area contributed by atoms with E-state index < -0.39 is 6.09 Å². The summed E-state index contributed by atoms with van der Waals surface area (Å²) in [5.41, 5.74) is 2.20. The maximum Gasteiger partial charge on any atom is 0.407 e. The summed E-state index contributed by atoms with van der Waals surface area (Å²) in [6, 6.07) is 5.67. The highest BCUT2D eigenvalue weighted by Crippen LogP contribution is 2.38. The van der Waals surface area contributed by atoms with Crippen LogP contribution in [0.2, 0.25) is 0 Å². The van der Waals surface area contributed by atoms with Crippen molar-refractivity contribution in [2.75, 3.05) is 5.32 Å². The first-order chi connectivity index (χ1) is 15.5. The predicted octanol–water partition coefficient (Wildman–Crippen LogP) is 4.41. The normalized spacial score (nSPS) is 15.2. The van der Waals surface area contributed by atoms with Crippen molar-refractivity contribution in [2.24, 2.45) is 0 Å². The number of thiophene rings is 1. The number of nitrogens with one attached hydrogen (secondary N) is 2. The van der Waals surface area contributed by atoms with E-state index in [1.54, 1.807) is 18.2 Å². The number of rotatable bonds is 6. The van der Waals surface area contributed by atoms with Crippen LogP contribution in [-0.2, 0) is 28.9 Å². The zero-order chi connectivity index (χ0) is 22.5. The van der Waals surface area contributed by atoms with Crippen molar-refractivity contribution in [2.45, 2.75) is 38.8 Å². The Morgan fingerprint density at radius 2 is 2.34 bits per heavy atom. The van der Waals surface area contributed by atoms with Gasteiger partial charge in [0.05, 0.1) is 29.1 Å². The number of carbonyl (C=O) groups excluding carboxylic acids is 2. The number of thiazole rings is 1. The zero-order valence-corrected chi connectivity index (χ0v) is 18.8. The van der Waals surface area contributed by atoms with Crippen LogP contribution in [0.1, 0.15) is 38.9 Å². The number of aromatic nitrogens is 1. The van der Waals surface area contributed by atoms with Crippen molar-refractivity contribution in [1.29, 1.82) is 5.26 Å². The summed E-state index contributed by atoms with van der Waals surface area (Å²) < 4.78 is 10.7. The molecule has 10 heteroatoms. The van der Waals surface area contributed by atoms with Gasteiger partial charge in [0.2, 0.25) is 5.91 Å². The fourth-order valence-electron chi connectivity index (χ4n) is 3.41. The minimum atomic E-state index is -0.488. The molecule has 1 aliphatic rings. The van der Waals surface area contributed by atoms with E-state index in [1.165, 1.54) is 35.0 Å². The molecule has 3 heterocycles. The van der Waals surface area contributed by atoms with E-state index in [9.17, 15) is 14.9 Å². The third-order valence-corrected chi connectivity index (χ3v) is 6.86. The van der Waals surface area contributed by atoms with Crippen LogP contribution in [0.4, 0.5) is 9.80 Å². The van der Waals surface area contributed by atoms with Gasteiger partial charge in [-0.1, -0.05) is 0 Å². The number of fused-ring (bicyclic) bond motifs is 1. The van der Waals surface area contributed by atoms with Crippen LogP contribution in [0.25, 0.3) is 6.08 Å². The van der Waals surface area contributed by atoms with Crippen LogP contribution in [0.15, 0.2) is 34.3 Å². The summed E-state index contributed by atoms with van der Waals surface area (Å²) in [7, 11) is 0. The van der Waals surface area contributed by atoms with Gasteiger partial charge < -0.3 is 19.8 Å². The van der Waals surface area contributed by atoms with Crippen molar-refractivity contribution in [1.82, 2.24) is 10.3 Å². The van der Waals surface area contributed by atoms with Gasteiger partial charge in [0.15, 0.2) is 0 Å². The van der Waals surface area contributed by atoms with E-state index in [2.05, 4.69) is 21.7 Å². The fourth-order valence-corrected chi connectivity index (χ4v) is 5.28. The van der Waals surface area contributed by atoms with Gasteiger partial charge in [-0.2, -0.15) is 5.26 Å². The van der Waals surface area contributed by atoms with E-state index in [0.717, 1.165) is 21.1 Å². The van der Waals surface area contributed by atoms with Gasteiger partial charge in [-0.25, -0.2) is 9.78 Å². The van der Waals surface area contributed by atoms with Crippen molar-refractivity contribution in [3.05, 3.63) is 62.3 Å². The molecular weight excluding hydrogens is 448 g/mol. The second-order valence-corrected chi connectivity index (χ2v) is 9.31. The Hall–Kier alpha value is -3.42. The molecule has 3 aromatic heterocycles. The molecule has 0 aliphatic heterocycles. The molecule has 0 saturated carbocycles. The number of nitrogens with zero attached hydrogens (tertiary/aromatic N) is 2. The molecule has 0 spiro atoms. The Morgan fingerprint density at radius 1 is 1.47 bits per heavy atom. The standard InChI is InChI=1S/C22H20N4O4S2/c1-13-25-14(12-31-13)11-24-22(28)30-16-4-6-17-18(10-23)21(32-19(17)9-16)26-20(27)7-5-15-3-2-8-29-15/h2-3,5,7-8,12,16H,4,6,9,11H2,1H3,(H,24,28)(H,26,27). The molecule has 2 N–H and O–H groups in total. The highest BCUT2D eigenvalue weighted by atomic mass is 32.1. The number of aryl methyl sites for hydroxylation is 1. The van der Waals surface area contributed by atoms with E-state index in [4.69, 9.17) is 9.15 Å². The first kappa shape index (κ1) is 21.8. The Balaban J connectivity index is 1.35. The smallest absolute Gasteiger partial charge is 0.407 e. The molecule has 0 aromatic carbocycles. The van der Waals surface area contributed by atoms with Crippen LogP contribution >= 0.6 is 22.7 Å². The second-order valence-electron chi connectivity index (χ2n) is 7.14. The lowest BCUT2D eigenvalue weighted by atomic mass is 9.94. The molecule has 32 heavy (non-hydrogen) atoms. The SMILES string of the molecule is Cc1nc(CNC(=O)OC2CCc3c(sc(NC(=O)C=Cc4ccco4)c3C#N)C2)cs1. The molecule has 4 rings (SSSR count). The van der Waals surface area contributed by atoms with Gasteiger partial charge in [0.25, 0.3) is 0 Å². The quantitative estimate of drug-likeness (QED) is 0.518. The number of amides is 2. The Labute approximate surface area is 192 Å². The van der Waals surface area contributed by atoms with E-state index in [1.807, 2.05) is 12.3 Å². The monoisotopic (exact) mass is 468 g/mol. The van der Waals surface area contributed by atoms with Gasteiger partial charge in [0.1, 0.15) is 22.9 Å². The first-order valence-corrected chi connectivity index (χ1v) is 11.6. The third kappa shape index (κ3) is 5.25. The lowest BCUT2D eigenvalue weighted by Crippen LogP contribution is -2.31. The number of ether oxygens (including phenoxy) is 1. The summed E-state index contributed by atoms with van der Waals surface area (Å²) in [4.78, 5) is 29.7. The number of nitriles is 1. The summed E-state index contributed by atoms with van der Waals surface area (Å²) in [5, 5.41) is 18.5. The number of anilines is 1. The molecule has 0 saturated heterocycles. The summed E-state index contributed by atoms with van der Waals surface area (Å²) in [6.07, 6.45) is 5.41. The summed E-state index contributed by atoms with van der Waals surface area (Å²) in [5.74, 6) is 0.218. The van der Waals surface area contributed by atoms with Gasteiger partial charge >= 0.3 is 6.09 Å². The van der Waals surface area contributed by atoms with Crippen LogP contribution in [-0.4, -0.2) is 23.1 Å². The molecule has 0 fully saturated rings. The molecule has 0 bridgehead atoms. The number of hydrogen-bond donors (Lipinski definition) is 2. The predicted molar refractivity (Wildman–Crippen MR) is 121 cm³/mol. The van der Waals surface area contributed by atoms with Crippen LogP contribution in [0.5, 0.6) is 0 Å². The molecule has 1 unspecified atom stereocenters. The largest absolute Gasteiger partial charge is 0.465 e. The molecule has 1 atom stereocenters. The summed E-state index contributed by atoms with van der Waals surface area (Å²) in [6.45, 7) is 2.23. The topological polar surface area (TPSA) is 117 Å². The highest BCUT2D eigenvalue weighted by Gasteiger charge is 2.28. The molecule has 164 valence electrons. The zero-order valence-electron chi connectivity index (χ0n) is 17.2. The lowest BCUT2D eigenvalue weighted by molar-refractivity contribution is -0.111. The maximum absolute atomic E-state index is 12.3. The Bertz CT molecular complexity index is 1190. The van der Waals surface area contributed by atoms with E-state index in [0.29, 0.717) is 42.1 Å². The highest BCUT2D eigenvalue weighted by molar-refractivity contribution is 7.16. The third-order valence-electron chi connectivity index (χ3n) is 4.86. The average molecular weight is 469 g/mol. The minimum Gasteiger partial charge on any atom is -0.465 e. The van der Waals surface area contributed by atoms with Crippen LogP contribution in [0, 0.1) is 18.3 Å². The van der Waals surface area contributed by atoms with Crippen molar-refractivity contribution >= 4 is 45.8 Å². The van der Waals surface area contributed by atoms with Crippen LogP contribution < -0.4 is 10.6 Å². The molecular formula is C22H20N4O4S2. The number of hydrogen-bond acceptors (Lipinski definition) is 8. The molecule has 1 aliphatic carbocycles. The lowest BCUT2D eigenvalue weighted by Gasteiger charge is -2.22. The van der Waals surface area contributed by atoms with Crippen LogP contribution in [0.3, 0.4) is 0 Å². The van der Waals surface area contributed by atoms with Crippen molar-refractivity contribution in [3.8, 4) is 6.07 Å². The van der Waals surface area contributed by atoms with Crippen molar-refractivity contribution < 1.29 is 18.7 Å². The average Bonchev–Trinajstić information content (AvgIpc) is 3.50. The molecule has 0 radical (unpaired) electrons. The Morgan fingerprint density at radius 3 is 3.06 bits per heavy atom. The maximum atomic E-state index is 12.3. The Kier molecular flexibility index (Phi) is 6.68. The van der Waals surface area contributed by atoms with Gasteiger partial charge in [-0.05, 0) is 43.5 Å². The van der Waals surface area contributed by atoms with Crippen molar-refractivity contribution in [3.63, 3.8) is 0 Å².